The minimum absolute atomic E-state index is 0.0712. The number of hydrogen-bond donors (Lipinski definition) is 1. The average molecular weight is 442 g/mol. The third-order valence-corrected chi connectivity index (χ3v) is 6.06. The van der Waals surface area contributed by atoms with E-state index in [0.717, 1.165) is 16.0 Å². The molecule has 3 heterocycles. The van der Waals surface area contributed by atoms with Crippen molar-refractivity contribution in [2.75, 3.05) is 10.2 Å². The van der Waals surface area contributed by atoms with Crippen molar-refractivity contribution in [3.8, 4) is 0 Å². The molecule has 2 aliphatic rings. The first kappa shape index (κ1) is 19.1. The topological polar surface area (TPSA) is 80.1 Å². The van der Waals surface area contributed by atoms with Gasteiger partial charge in [-0.2, -0.15) is 4.98 Å². The summed E-state index contributed by atoms with van der Waals surface area (Å²) in [6, 6.07) is 14.9. The number of halogens is 2. The van der Waals surface area contributed by atoms with Gasteiger partial charge in [-0.3, -0.25) is 9.59 Å². The summed E-state index contributed by atoms with van der Waals surface area (Å²) in [4.78, 5) is 29.9. The van der Waals surface area contributed by atoms with Crippen LogP contribution in [0.25, 0.3) is 0 Å². The Morgan fingerprint density at radius 3 is 2.37 bits per heavy atom. The zero-order chi connectivity index (χ0) is 20.8. The Kier molecular flexibility index (Phi) is 4.72. The molecule has 2 aromatic carbocycles. The van der Waals surface area contributed by atoms with Gasteiger partial charge in [-0.15, -0.1) is 5.10 Å². The average Bonchev–Trinajstić information content (AvgIpc) is 3.30. The normalized spacial score (nSPS) is 20.9. The van der Waals surface area contributed by atoms with E-state index in [4.69, 9.17) is 23.2 Å². The summed E-state index contributed by atoms with van der Waals surface area (Å²) < 4.78 is 1.71. The lowest BCUT2D eigenvalue weighted by Gasteiger charge is -2.32. The van der Waals surface area contributed by atoms with Gasteiger partial charge in [-0.1, -0.05) is 53.5 Å². The number of rotatable bonds is 3. The fraction of sp³-hybridized carbons (Fsp3) is 0.238. The first-order valence-corrected chi connectivity index (χ1v) is 10.4. The Labute approximate surface area is 182 Å². The number of amides is 2. The number of hydrogen-bond acceptors (Lipinski definition) is 5. The van der Waals surface area contributed by atoms with E-state index in [1.807, 2.05) is 48.5 Å². The van der Waals surface area contributed by atoms with Crippen LogP contribution >= 0.6 is 23.2 Å². The van der Waals surface area contributed by atoms with Gasteiger partial charge in [0.25, 0.3) is 5.95 Å². The van der Waals surface area contributed by atoms with Crippen molar-refractivity contribution in [1.29, 1.82) is 0 Å². The Balaban J connectivity index is 1.59. The highest BCUT2D eigenvalue weighted by Gasteiger charge is 2.37. The number of carbonyl (C=O) groups excluding carboxylic acids is 2. The van der Waals surface area contributed by atoms with E-state index in [-0.39, 0.29) is 42.7 Å². The van der Waals surface area contributed by atoms with E-state index >= 15 is 0 Å². The fourth-order valence-electron chi connectivity index (χ4n) is 3.98. The molecule has 0 unspecified atom stereocenters. The molecule has 0 spiro atoms. The second kappa shape index (κ2) is 7.41. The molecule has 0 radical (unpaired) electrons. The van der Waals surface area contributed by atoms with Crippen molar-refractivity contribution < 1.29 is 9.59 Å². The Morgan fingerprint density at radius 2 is 1.67 bits per heavy atom. The van der Waals surface area contributed by atoms with Crippen LogP contribution in [0.2, 0.25) is 10.0 Å². The quantitative estimate of drug-likeness (QED) is 0.609. The summed E-state index contributed by atoms with van der Waals surface area (Å²) in [5, 5.41) is 9.18. The minimum atomic E-state index is -0.286. The smallest absolute Gasteiger partial charge is 0.260 e. The van der Waals surface area contributed by atoms with E-state index in [9.17, 15) is 9.59 Å². The highest BCUT2D eigenvalue weighted by molar-refractivity contribution is 6.31. The first-order valence-electron chi connectivity index (χ1n) is 9.60. The molecule has 1 N–H and O–H groups in total. The van der Waals surface area contributed by atoms with Crippen LogP contribution in [-0.4, -0.2) is 26.6 Å². The van der Waals surface area contributed by atoms with Gasteiger partial charge < -0.3 is 5.32 Å². The van der Waals surface area contributed by atoms with Crippen LogP contribution in [0.4, 0.5) is 11.9 Å². The summed E-state index contributed by atoms with van der Waals surface area (Å²) in [7, 11) is 0. The van der Waals surface area contributed by atoms with E-state index in [1.54, 1.807) is 4.68 Å². The van der Waals surface area contributed by atoms with Gasteiger partial charge >= 0.3 is 0 Å². The molecule has 0 bridgehead atoms. The van der Waals surface area contributed by atoms with E-state index in [2.05, 4.69) is 15.4 Å². The van der Waals surface area contributed by atoms with Crippen molar-refractivity contribution in [3.63, 3.8) is 0 Å². The molecule has 1 aromatic heterocycles. The van der Waals surface area contributed by atoms with Gasteiger partial charge in [-0.25, -0.2) is 9.58 Å². The zero-order valence-corrected chi connectivity index (χ0v) is 17.3. The molecule has 2 atom stereocenters. The lowest BCUT2D eigenvalue weighted by molar-refractivity contribution is -0.121. The van der Waals surface area contributed by atoms with E-state index in [0.29, 0.717) is 22.4 Å². The fourth-order valence-corrected chi connectivity index (χ4v) is 4.37. The summed E-state index contributed by atoms with van der Waals surface area (Å²) in [5.74, 6) is 0.00501. The van der Waals surface area contributed by atoms with E-state index in [1.165, 1.54) is 0 Å². The Bertz CT molecular complexity index is 1130. The maximum Gasteiger partial charge on any atom is 0.260 e. The number of imide groups is 1. The lowest BCUT2D eigenvalue weighted by Crippen LogP contribution is -2.30. The summed E-state index contributed by atoms with van der Waals surface area (Å²) in [6.45, 7) is 0. The number of benzene rings is 2. The molecule has 1 fully saturated rings. The van der Waals surface area contributed by atoms with Crippen LogP contribution in [-0.2, 0) is 9.59 Å². The Morgan fingerprint density at radius 1 is 0.967 bits per heavy atom. The number of carbonyl (C=O) groups is 2. The molecule has 2 aliphatic heterocycles. The van der Waals surface area contributed by atoms with Crippen LogP contribution in [0.1, 0.15) is 42.5 Å². The van der Waals surface area contributed by atoms with Gasteiger partial charge in [0.15, 0.2) is 0 Å². The summed E-state index contributed by atoms with van der Waals surface area (Å²) in [5.41, 5.74) is 1.94. The predicted molar refractivity (Wildman–Crippen MR) is 114 cm³/mol. The molecular weight excluding hydrogens is 425 g/mol. The van der Waals surface area contributed by atoms with Gasteiger partial charge in [0.1, 0.15) is 0 Å². The maximum absolute atomic E-state index is 12.2. The van der Waals surface area contributed by atoms with Crippen LogP contribution in [0.3, 0.4) is 0 Å². The highest BCUT2D eigenvalue weighted by Crippen LogP contribution is 2.41. The maximum atomic E-state index is 12.2. The molecular formula is C21H17Cl2N5O2. The van der Waals surface area contributed by atoms with Crippen molar-refractivity contribution in [1.82, 2.24) is 14.8 Å². The molecule has 3 aromatic rings. The summed E-state index contributed by atoms with van der Waals surface area (Å²) in [6.07, 6.45) is 1.01. The van der Waals surface area contributed by atoms with Crippen LogP contribution < -0.4 is 10.2 Å². The van der Waals surface area contributed by atoms with Gasteiger partial charge in [0.05, 0.1) is 12.1 Å². The van der Waals surface area contributed by atoms with Gasteiger partial charge in [0.2, 0.25) is 17.8 Å². The third kappa shape index (κ3) is 3.24. The standard InChI is InChI=1S/C21H17Cl2N5O2/c22-13-7-5-12(6-8-13)16-11-17(14-3-1-2-4-15(14)23)28-20(24-16)25-21(26-28)27-18(29)9-10-19(27)30/h1-8,16-17H,9-11H2,(H,24,25,26)/t16-,17+/m0/s1. The van der Waals surface area contributed by atoms with Crippen molar-refractivity contribution >= 4 is 46.9 Å². The number of nitrogens with zero attached hydrogens (tertiary/aromatic N) is 4. The van der Waals surface area contributed by atoms with E-state index < -0.39 is 0 Å². The number of fused-ring (bicyclic) bond motifs is 1. The molecule has 0 saturated carbocycles. The van der Waals surface area contributed by atoms with Crippen molar-refractivity contribution in [2.45, 2.75) is 31.3 Å². The largest absolute Gasteiger partial charge is 0.347 e. The number of aromatic nitrogens is 3. The second-order valence-corrected chi connectivity index (χ2v) is 8.17. The minimum Gasteiger partial charge on any atom is -0.347 e. The van der Waals surface area contributed by atoms with Gasteiger partial charge in [0, 0.05) is 22.9 Å². The summed E-state index contributed by atoms with van der Waals surface area (Å²) >= 11 is 12.5. The molecule has 1 saturated heterocycles. The second-order valence-electron chi connectivity index (χ2n) is 7.32. The molecule has 7 nitrogen and oxygen atoms in total. The van der Waals surface area contributed by atoms with Gasteiger partial charge in [-0.05, 0) is 35.7 Å². The molecule has 152 valence electrons. The molecule has 5 rings (SSSR count). The zero-order valence-electron chi connectivity index (χ0n) is 15.8. The molecule has 9 heteroatoms. The van der Waals surface area contributed by atoms with Crippen molar-refractivity contribution in [2.24, 2.45) is 0 Å². The third-order valence-electron chi connectivity index (χ3n) is 5.47. The first-order chi connectivity index (χ1) is 14.5. The Hall–Kier alpha value is -2.90. The number of nitrogens with one attached hydrogen (secondary N) is 1. The lowest BCUT2D eigenvalue weighted by atomic mass is 9.93. The van der Waals surface area contributed by atoms with Crippen LogP contribution in [0.5, 0.6) is 0 Å². The molecule has 2 amide bonds. The number of anilines is 2. The van der Waals surface area contributed by atoms with Crippen LogP contribution in [0.15, 0.2) is 48.5 Å². The predicted octanol–water partition coefficient (Wildman–Crippen LogP) is 4.38. The van der Waals surface area contributed by atoms with Crippen LogP contribution in [0, 0.1) is 0 Å². The highest BCUT2D eigenvalue weighted by atomic mass is 35.5. The monoisotopic (exact) mass is 441 g/mol. The van der Waals surface area contributed by atoms with Crippen molar-refractivity contribution in [3.05, 3.63) is 69.7 Å². The molecule has 30 heavy (non-hydrogen) atoms. The molecule has 0 aliphatic carbocycles. The SMILES string of the molecule is O=C1CCC(=O)N1c1nc2n(n1)[C@@H](c1ccccc1Cl)C[C@@H](c1ccc(Cl)cc1)N2.